The summed E-state index contributed by atoms with van der Waals surface area (Å²) < 4.78 is 5.19. The fourth-order valence-corrected chi connectivity index (χ4v) is 5.96. The van der Waals surface area contributed by atoms with E-state index in [2.05, 4.69) is 52.3 Å². The highest BCUT2D eigenvalue weighted by atomic mass is 16.6. The number of nitrogens with one attached hydrogen (secondary N) is 4. The lowest BCUT2D eigenvalue weighted by atomic mass is 10.1. The Kier molecular flexibility index (Phi) is 32.6. The first kappa shape index (κ1) is 49.9. The van der Waals surface area contributed by atoms with Gasteiger partial charge in [-0.25, -0.2) is 9.59 Å². The van der Waals surface area contributed by atoms with Crippen molar-refractivity contribution in [1.82, 2.24) is 21.3 Å². The normalized spacial score (nSPS) is 12.4. The van der Waals surface area contributed by atoms with E-state index >= 15 is 0 Å². The molecule has 1 atom stereocenters. The monoisotopic (exact) mass is 750 g/mol. The van der Waals surface area contributed by atoms with Crippen molar-refractivity contribution in [1.29, 1.82) is 0 Å². The highest BCUT2D eigenvalue weighted by Crippen LogP contribution is 2.12. The number of hydrogen-bond donors (Lipinski definition) is 5. The maximum Gasteiger partial charge on any atom is 0.434 e. The average Bonchev–Trinajstić information content (AvgIpc) is 3.08. The number of aliphatic imine (C=N–C) groups is 1. The summed E-state index contributed by atoms with van der Waals surface area (Å²) in [7, 11) is 0. The molecule has 0 saturated carbocycles. The second-order valence-electron chi connectivity index (χ2n) is 15.4. The van der Waals surface area contributed by atoms with Crippen molar-refractivity contribution in [3.8, 4) is 0 Å². The third kappa shape index (κ3) is 35.7. The zero-order chi connectivity index (χ0) is 39.4. The van der Waals surface area contributed by atoms with Crippen LogP contribution in [0.4, 0.5) is 9.59 Å². The molecular formula is C42H79N5O6. The topological polar surface area (TPSA) is 158 Å². The van der Waals surface area contributed by atoms with E-state index in [0.717, 1.165) is 51.4 Å². The quantitative estimate of drug-likeness (QED) is 0.0198. The molecule has 0 aromatic carbocycles. The molecule has 11 nitrogen and oxygen atoms in total. The predicted molar refractivity (Wildman–Crippen MR) is 218 cm³/mol. The summed E-state index contributed by atoms with van der Waals surface area (Å²) in [5, 5.41) is 20.2. The van der Waals surface area contributed by atoms with E-state index in [1.165, 1.54) is 96.3 Å². The molecule has 11 heteroatoms. The van der Waals surface area contributed by atoms with Crippen LogP contribution in [0, 0.1) is 0 Å². The van der Waals surface area contributed by atoms with Crippen LogP contribution in [-0.2, 0) is 14.3 Å². The molecule has 0 aliphatic heterocycles. The Bertz CT molecular complexity index is 1010. The Hall–Kier alpha value is -3.11. The lowest BCUT2D eigenvalue weighted by Gasteiger charge is -2.21. The van der Waals surface area contributed by atoms with Gasteiger partial charge in [-0.05, 0) is 72.1 Å². The largest absolute Gasteiger partial charge is 0.463 e. The van der Waals surface area contributed by atoms with E-state index in [0.29, 0.717) is 25.8 Å². The number of rotatable bonds is 32. The molecule has 0 saturated heterocycles. The van der Waals surface area contributed by atoms with Crippen molar-refractivity contribution >= 4 is 30.0 Å². The fraction of sp³-hybridized carbons (Fsp3) is 0.833. The van der Waals surface area contributed by atoms with Crippen LogP contribution in [0.5, 0.6) is 0 Å². The summed E-state index contributed by atoms with van der Waals surface area (Å²) in [5.74, 6) is -0.624. The summed E-state index contributed by atoms with van der Waals surface area (Å²) in [4.78, 5) is 52.8. The molecule has 53 heavy (non-hydrogen) atoms. The van der Waals surface area contributed by atoms with E-state index in [9.17, 15) is 19.2 Å². The van der Waals surface area contributed by atoms with Crippen LogP contribution >= 0.6 is 0 Å². The number of amides is 4. The van der Waals surface area contributed by atoms with E-state index in [1.807, 2.05) is 0 Å². The average molecular weight is 750 g/mol. The van der Waals surface area contributed by atoms with Crippen LogP contribution < -0.4 is 21.3 Å². The second kappa shape index (κ2) is 34.6. The van der Waals surface area contributed by atoms with Gasteiger partial charge in [0.05, 0.1) is 0 Å². The molecule has 4 amide bonds. The molecular weight excluding hydrogens is 670 g/mol. The molecule has 0 aliphatic carbocycles. The first-order valence-corrected chi connectivity index (χ1v) is 21.3. The molecule has 0 rings (SSSR count). The maximum atomic E-state index is 13.2. The van der Waals surface area contributed by atoms with Gasteiger partial charge in [0, 0.05) is 19.5 Å². The summed E-state index contributed by atoms with van der Waals surface area (Å²) in [6.07, 6.45) is 31.0. The van der Waals surface area contributed by atoms with Crippen LogP contribution in [0.2, 0.25) is 0 Å². The van der Waals surface area contributed by atoms with Gasteiger partial charge in [0.1, 0.15) is 11.6 Å². The lowest BCUT2D eigenvalue weighted by molar-refractivity contribution is -0.129. The molecule has 0 heterocycles. The third-order valence-corrected chi connectivity index (χ3v) is 8.94. The highest BCUT2D eigenvalue weighted by Gasteiger charge is 2.21. The minimum Gasteiger partial charge on any atom is -0.463 e. The van der Waals surface area contributed by atoms with Crippen LogP contribution in [0.25, 0.3) is 0 Å². The van der Waals surface area contributed by atoms with Gasteiger partial charge < -0.3 is 25.8 Å². The number of carbonyl (C=O) groups is 4. The van der Waals surface area contributed by atoms with Gasteiger partial charge in [-0.3, -0.25) is 14.9 Å². The molecule has 0 aliphatic rings. The Labute approximate surface area is 323 Å². The second-order valence-corrected chi connectivity index (χ2v) is 15.4. The van der Waals surface area contributed by atoms with Gasteiger partial charge in [-0.2, -0.15) is 0 Å². The number of ether oxygens (including phenoxy) is 1. The van der Waals surface area contributed by atoms with Crippen LogP contribution in [-0.4, -0.2) is 59.8 Å². The highest BCUT2D eigenvalue weighted by molar-refractivity contribution is 5.98. The number of carbonyl (C=O) groups excluding carboxylic acids is 3. The predicted octanol–water partition coefficient (Wildman–Crippen LogP) is 10.5. The number of unbranched alkanes of at least 4 members (excludes halogenated alkanes) is 20. The number of guanidine groups is 1. The van der Waals surface area contributed by atoms with Gasteiger partial charge >= 0.3 is 12.2 Å². The molecule has 0 bridgehead atoms. The van der Waals surface area contributed by atoms with Crippen molar-refractivity contribution < 1.29 is 29.0 Å². The first-order chi connectivity index (χ1) is 25.5. The minimum atomic E-state index is -1.48. The molecule has 5 N–H and O–H groups in total. The SMILES string of the molecule is CCCCCCCC/C=C/CCCCCCCC(=O)NC(CCCN/C(=N\C(=O)O)NC(=O)OC(C)(C)C)C(=O)NCCCCCCCCCCCC. The van der Waals surface area contributed by atoms with E-state index in [1.54, 1.807) is 20.8 Å². The molecule has 0 radical (unpaired) electrons. The van der Waals surface area contributed by atoms with Crippen molar-refractivity contribution in [3.63, 3.8) is 0 Å². The van der Waals surface area contributed by atoms with Gasteiger partial charge in [0.15, 0.2) is 0 Å². The van der Waals surface area contributed by atoms with E-state index in [-0.39, 0.29) is 24.3 Å². The van der Waals surface area contributed by atoms with E-state index < -0.39 is 23.8 Å². The van der Waals surface area contributed by atoms with Crippen LogP contribution in [0.15, 0.2) is 17.1 Å². The van der Waals surface area contributed by atoms with Crippen molar-refractivity contribution in [2.24, 2.45) is 4.99 Å². The summed E-state index contributed by atoms with van der Waals surface area (Å²) >= 11 is 0. The lowest BCUT2D eigenvalue weighted by Crippen LogP contribution is -2.47. The van der Waals surface area contributed by atoms with Crippen molar-refractivity contribution in [2.75, 3.05) is 13.1 Å². The Morgan fingerprint density at radius 3 is 1.62 bits per heavy atom. The summed E-state index contributed by atoms with van der Waals surface area (Å²) in [5.41, 5.74) is -0.769. The third-order valence-electron chi connectivity index (χ3n) is 8.94. The summed E-state index contributed by atoms with van der Waals surface area (Å²) in [6.45, 7) is 10.3. The minimum absolute atomic E-state index is 0.144. The molecule has 0 aromatic heterocycles. The van der Waals surface area contributed by atoms with Gasteiger partial charge in [0.25, 0.3) is 0 Å². The number of hydrogen-bond acceptors (Lipinski definition) is 5. The van der Waals surface area contributed by atoms with Crippen LogP contribution in [0.1, 0.15) is 202 Å². The van der Waals surface area contributed by atoms with Gasteiger partial charge in [-0.1, -0.05) is 135 Å². The van der Waals surface area contributed by atoms with Gasteiger partial charge in [0.2, 0.25) is 17.8 Å². The molecule has 0 fully saturated rings. The van der Waals surface area contributed by atoms with Gasteiger partial charge in [-0.15, -0.1) is 4.99 Å². The molecule has 0 aromatic rings. The Morgan fingerprint density at radius 2 is 1.11 bits per heavy atom. The smallest absolute Gasteiger partial charge is 0.434 e. The number of nitrogens with zero attached hydrogens (tertiary/aromatic N) is 1. The zero-order valence-corrected chi connectivity index (χ0v) is 34.5. The van der Waals surface area contributed by atoms with Crippen LogP contribution in [0.3, 0.4) is 0 Å². The van der Waals surface area contributed by atoms with Crippen molar-refractivity contribution in [2.45, 2.75) is 213 Å². The first-order valence-electron chi connectivity index (χ1n) is 21.3. The molecule has 1 unspecified atom stereocenters. The van der Waals surface area contributed by atoms with Crippen molar-refractivity contribution in [3.05, 3.63) is 12.2 Å². The standard InChI is InChI=1S/C42H79N5O6/c1-6-8-10-12-14-16-18-19-20-21-22-23-25-27-29-33-37(48)45-36(38(49)43-34-30-28-26-24-17-15-13-11-9-7-2)32-31-35-44-39(46-40(50)51)47-41(52)53-42(3,4)5/h19-20,36H,6-18,21-35H2,1-5H3,(H,43,49)(H,45,48)(H,50,51)(H2,44,46,47,52)/b20-19+. The number of allylic oxidation sites excluding steroid dienone is 2. The van der Waals surface area contributed by atoms with E-state index in [4.69, 9.17) is 9.84 Å². The number of carboxylic acid groups (broad SMARTS) is 1. The maximum absolute atomic E-state index is 13.2. The molecule has 0 spiro atoms. The zero-order valence-electron chi connectivity index (χ0n) is 34.5. The fourth-order valence-electron chi connectivity index (χ4n) is 5.96. The Morgan fingerprint density at radius 1 is 0.642 bits per heavy atom. The summed E-state index contributed by atoms with van der Waals surface area (Å²) in [6, 6.07) is -0.714. The number of alkyl carbamates (subject to hydrolysis) is 1. The Balaban J connectivity index is 4.69. The molecule has 308 valence electrons.